The van der Waals surface area contributed by atoms with E-state index in [0.717, 1.165) is 5.56 Å². The van der Waals surface area contributed by atoms with Crippen LogP contribution in [0.3, 0.4) is 0 Å². The summed E-state index contributed by atoms with van der Waals surface area (Å²) >= 11 is 5.79. The van der Waals surface area contributed by atoms with E-state index in [1.165, 1.54) is 0 Å². The summed E-state index contributed by atoms with van der Waals surface area (Å²) in [5, 5.41) is 14.4. The normalized spacial score (nSPS) is 9.74. The summed E-state index contributed by atoms with van der Waals surface area (Å²) in [6.45, 7) is 0.297. The number of nitrogens with zero attached hydrogens (tertiary/aromatic N) is 1. The zero-order valence-corrected chi connectivity index (χ0v) is 12.9. The molecular weight excluding hydrogens is 314 g/mol. The van der Waals surface area contributed by atoms with E-state index in [1.54, 1.807) is 48.5 Å². The maximum Gasteiger partial charge on any atom is 0.255 e. The first-order valence-corrected chi connectivity index (χ1v) is 7.26. The molecule has 0 aliphatic rings. The molecule has 0 bridgehead atoms. The number of benzene rings is 2. The number of hydrogen-bond acceptors (Lipinski definition) is 3. The molecule has 6 heteroatoms. The maximum atomic E-state index is 12.1. The Labute approximate surface area is 138 Å². The van der Waals surface area contributed by atoms with Crippen molar-refractivity contribution in [2.24, 2.45) is 0 Å². The maximum absolute atomic E-state index is 12.1. The number of nitriles is 1. The molecule has 2 N–H and O–H groups in total. The van der Waals surface area contributed by atoms with Crippen LogP contribution >= 0.6 is 11.6 Å². The Hall–Kier alpha value is -2.84. The zero-order chi connectivity index (χ0) is 16.7. The zero-order valence-electron chi connectivity index (χ0n) is 12.2. The Balaban J connectivity index is 1.99. The summed E-state index contributed by atoms with van der Waals surface area (Å²) in [6, 6.07) is 15.5. The summed E-state index contributed by atoms with van der Waals surface area (Å²) in [6.07, 6.45) is -0.174. The molecule has 23 heavy (non-hydrogen) atoms. The van der Waals surface area contributed by atoms with Crippen molar-refractivity contribution in [1.82, 2.24) is 5.32 Å². The molecule has 5 nitrogen and oxygen atoms in total. The molecule has 0 aliphatic carbocycles. The van der Waals surface area contributed by atoms with E-state index < -0.39 is 0 Å². The standard InChI is InChI=1S/C17H14ClN3O2/c18-14-6-4-13(5-7-14)17(23)21-15-3-1-2-12(10-15)11-20-16(22)8-9-19/h1-7,10H,8,11H2,(H,20,22)(H,21,23). The first kappa shape index (κ1) is 16.5. The number of halogens is 1. The lowest BCUT2D eigenvalue weighted by molar-refractivity contribution is -0.120. The molecular formula is C17H14ClN3O2. The van der Waals surface area contributed by atoms with E-state index in [4.69, 9.17) is 16.9 Å². The smallest absolute Gasteiger partial charge is 0.255 e. The molecule has 0 unspecified atom stereocenters. The van der Waals surface area contributed by atoms with Gasteiger partial charge in [-0.25, -0.2) is 0 Å². The topological polar surface area (TPSA) is 82.0 Å². The minimum absolute atomic E-state index is 0.174. The van der Waals surface area contributed by atoms with Crippen molar-refractivity contribution in [3.05, 3.63) is 64.7 Å². The first-order valence-electron chi connectivity index (χ1n) is 6.88. The number of amides is 2. The lowest BCUT2D eigenvalue weighted by Crippen LogP contribution is -2.21. The van der Waals surface area contributed by atoms with Crippen LogP contribution in [0.15, 0.2) is 48.5 Å². The Morgan fingerprint density at radius 2 is 1.87 bits per heavy atom. The van der Waals surface area contributed by atoms with Crippen molar-refractivity contribution < 1.29 is 9.59 Å². The number of hydrogen-bond donors (Lipinski definition) is 2. The van der Waals surface area contributed by atoms with E-state index in [-0.39, 0.29) is 18.2 Å². The van der Waals surface area contributed by atoms with Crippen LogP contribution in [-0.2, 0) is 11.3 Å². The summed E-state index contributed by atoms with van der Waals surface area (Å²) in [5.74, 6) is -0.574. The van der Waals surface area contributed by atoms with Gasteiger partial charge in [0, 0.05) is 22.8 Å². The van der Waals surface area contributed by atoms with Crippen molar-refractivity contribution in [3.8, 4) is 6.07 Å². The van der Waals surface area contributed by atoms with Gasteiger partial charge in [-0.05, 0) is 42.0 Å². The van der Waals surface area contributed by atoms with Crippen LogP contribution in [0.1, 0.15) is 22.3 Å². The molecule has 0 saturated heterocycles. The largest absolute Gasteiger partial charge is 0.351 e. The average molecular weight is 328 g/mol. The van der Waals surface area contributed by atoms with Crippen LogP contribution < -0.4 is 10.6 Å². The molecule has 0 saturated carbocycles. The SMILES string of the molecule is N#CCC(=O)NCc1cccc(NC(=O)c2ccc(Cl)cc2)c1. The first-order chi connectivity index (χ1) is 11.1. The highest BCUT2D eigenvalue weighted by Gasteiger charge is 2.06. The van der Waals surface area contributed by atoms with Crippen molar-refractivity contribution in [2.75, 3.05) is 5.32 Å². The molecule has 0 aliphatic heterocycles. The molecule has 0 radical (unpaired) electrons. The molecule has 0 fully saturated rings. The number of anilines is 1. The van der Waals surface area contributed by atoms with Gasteiger partial charge in [-0.3, -0.25) is 9.59 Å². The molecule has 2 aromatic rings. The van der Waals surface area contributed by atoms with Crippen molar-refractivity contribution in [2.45, 2.75) is 13.0 Å². The average Bonchev–Trinajstić information content (AvgIpc) is 2.54. The van der Waals surface area contributed by atoms with Crippen LogP contribution in [-0.4, -0.2) is 11.8 Å². The predicted octanol–water partition coefficient (Wildman–Crippen LogP) is 3.12. The highest BCUT2D eigenvalue weighted by molar-refractivity contribution is 6.30. The molecule has 0 aromatic heterocycles. The molecule has 2 amide bonds. The second-order valence-electron chi connectivity index (χ2n) is 4.77. The summed E-state index contributed by atoms with van der Waals surface area (Å²) < 4.78 is 0. The summed E-state index contributed by atoms with van der Waals surface area (Å²) in [4.78, 5) is 23.4. The number of carbonyl (C=O) groups excluding carboxylic acids is 2. The van der Waals surface area contributed by atoms with Crippen LogP contribution in [0.25, 0.3) is 0 Å². The highest BCUT2D eigenvalue weighted by Crippen LogP contribution is 2.14. The molecule has 2 aromatic carbocycles. The van der Waals surface area contributed by atoms with E-state index in [2.05, 4.69) is 10.6 Å². The van der Waals surface area contributed by atoms with Crippen LogP contribution in [0.2, 0.25) is 5.02 Å². The second kappa shape index (κ2) is 7.97. The third-order valence-electron chi connectivity index (χ3n) is 3.02. The number of nitrogens with one attached hydrogen (secondary N) is 2. The lowest BCUT2D eigenvalue weighted by atomic mass is 10.1. The Bertz CT molecular complexity index is 751. The van der Waals surface area contributed by atoms with E-state index in [9.17, 15) is 9.59 Å². The fraction of sp³-hybridized carbons (Fsp3) is 0.118. The van der Waals surface area contributed by atoms with Gasteiger partial charge in [0.15, 0.2) is 0 Å². The van der Waals surface area contributed by atoms with Crippen LogP contribution in [0.5, 0.6) is 0 Å². The fourth-order valence-corrected chi connectivity index (χ4v) is 2.02. The minimum Gasteiger partial charge on any atom is -0.351 e. The van der Waals surface area contributed by atoms with Gasteiger partial charge in [-0.1, -0.05) is 23.7 Å². The van der Waals surface area contributed by atoms with Gasteiger partial charge in [-0.15, -0.1) is 0 Å². The number of carbonyl (C=O) groups is 2. The van der Waals surface area contributed by atoms with Gasteiger partial charge in [0.1, 0.15) is 6.42 Å². The molecule has 116 valence electrons. The lowest BCUT2D eigenvalue weighted by Gasteiger charge is -2.08. The van der Waals surface area contributed by atoms with Gasteiger partial charge in [0.25, 0.3) is 5.91 Å². The Kier molecular flexibility index (Phi) is 5.73. The highest BCUT2D eigenvalue weighted by atomic mass is 35.5. The van der Waals surface area contributed by atoms with E-state index >= 15 is 0 Å². The molecule has 2 rings (SSSR count). The van der Waals surface area contributed by atoms with Crippen molar-refractivity contribution in [1.29, 1.82) is 5.26 Å². The van der Waals surface area contributed by atoms with E-state index in [1.807, 2.05) is 6.07 Å². The van der Waals surface area contributed by atoms with Crippen LogP contribution in [0.4, 0.5) is 5.69 Å². The van der Waals surface area contributed by atoms with Crippen molar-refractivity contribution >= 4 is 29.1 Å². The second-order valence-corrected chi connectivity index (χ2v) is 5.21. The Morgan fingerprint density at radius 1 is 1.13 bits per heavy atom. The minimum atomic E-state index is -0.330. The third-order valence-corrected chi connectivity index (χ3v) is 3.27. The Morgan fingerprint density at radius 3 is 2.57 bits per heavy atom. The predicted molar refractivity (Wildman–Crippen MR) is 87.9 cm³/mol. The van der Waals surface area contributed by atoms with Gasteiger partial charge in [0.05, 0.1) is 6.07 Å². The van der Waals surface area contributed by atoms with Gasteiger partial charge in [-0.2, -0.15) is 5.26 Å². The van der Waals surface area contributed by atoms with Gasteiger partial charge < -0.3 is 10.6 Å². The van der Waals surface area contributed by atoms with Gasteiger partial charge in [0.2, 0.25) is 5.91 Å². The van der Waals surface area contributed by atoms with Crippen molar-refractivity contribution in [3.63, 3.8) is 0 Å². The monoisotopic (exact) mass is 327 g/mol. The summed E-state index contributed by atoms with van der Waals surface area (Å²) in [5.41, 5.74) is 1.95. The quantitative estimate of drug-likeness (QED) is 0.885. The van der Waals surface area contributed by atoms with Gasteiger partial charge >= 0.3 is 0 Å². The van der Waals surface area contributed by atoms with E-state index in [0.29, 0.717) is 22.8 Å². The summed E-state index contributed by atoms with van der Waals surface area (Å²) in [7, 11) is 0. The fourth-order valence-electron chi connectivity index (χ4n) is 1.90. The van der Waals surface area contributed by atoms with Crippen LogP contribution in [0, 0.1) is 11.3 Å². The molecule has 0 spiro atoms. The molecule has 0 heterocycles. The number of rotatable bonds is 5. The molecule has 0 atom stereocenters. The third kappa shape index (κ3) is 5.13.